The van der Waals surface area contributed by atoms with Crippen LogP contribution in [0.4, 0.5) is 4.79 Å². The number of benzene rings is 2. The molecular formula is C33H44N2O4. The van der Waals surface area contributed by atoms with Crippen molar-refractivity contribution in [1.29, 1.82) is 0 Å². The highest BCUT2D eigenvalue weighted by atomic mass is 16.6. The van der Waals surface area contributed by atoms with Gasteiger partial charge in [-0.1, -0.05) is 58.2 Å². The zero-order chi connectivity index (χ0) is 27.5. The predicted molar refractivity (Wildman–Crippen MR) is 154 cm³/mol. The molecule has 2 heterocycles. The number of nitrogens with zero attached hydrogens (tertiary/aromatic N) is 1. The normalized spacial score (nSPS) is 18.9. The van der Waals surface area contributed by atoms with Crippen LogP contribution in [0.15, 0.2) is 42.5 Å². The molecule has 2 fully saturated rings. The smallest absolute Gasteiger partial charge is 0.409 e. The summed E-state index contributed by atoms with van der Waals surface area (Å²) in [5.41, 5.74) is 3.99. The maximum Gasteiger partial charge on any atom is 0.409 e. The Balaban J connectivity index is 1.16. The first-order chi connectivity index (χ1) is 18.8. The van der Waals surface area contributed by atoms with Gasteiger partial charge in [0.15, 0.2) is 0 Å². The molecule has 6 heteroatoms. The van der Waals surface area contributed by atoms with Gasteiger partial charge in [-0.05, 0) is 78.5 Å². The molecule has 0 unspecified atom stereocenters. The van der Waals surface area contributed by atoms with E-state index in [-0.39, 0.29) is 23.0 Å². The van der Waals surface area contributed by atoms with E-state index in [9.17, 15) is 9.59 Å². The number of nitrogens with one attached hydrogen (secondary N) is 1. The number of ether oxygens (including phenoxy) is 2. The van der Waals surface area contributed by atoms with Crippen molar-refractivity contribution in [2.45, 2.75) is 96.6 Å². The van der Waals surface area contributed by atoms with E-state index in [2.05, 4.69) is 44.3 Å². The number of likely N-dealkylation sites (tertiary alicyclic amines) is 1. The first kappa shape index (κ1) is 27.5. The summed E-state index contributed by atoms with van der Waals surface area (Å²) in [5.74, 6) is 0.979. The van der Waals surface area contributed by atoms with Crippen molar-refractivity contribution in [3.63, 3.8) is 0 Å². The summed E-state index contributed by atoms with van der Waals surface area (Å²) in [5, 5.41) is 3.16. The van der Waals surface area contributed by atoms with Gasteiger partial charge in [0.05, 0.1) is 6.61 Å². The third-order valence-electron chi connectivity index (χ3n) is 8.85. The lowest BCUT2D eigenvalue weighted by atomic mass is 9.82. The van der Waals surface area contributed by atoms with Crippen LogP contribution in [0.3, 0.4) is 0 Å². The van der Waals surface area contributed by atoms with Crippen molar-refractivity contribution in [2.75, 3.05) is 19.7 Å². The van der Waals surface area contributed by atoms with Crippen LogP contribution >= 0.6 is 0 Å². The predicted octanol–water partition coefficient (Wildman–Crippen LogP) is 7.15. The number of fused-ring (bicyclic) bond motifs is 1. The molecule has 1 N–H and O–H groups in total. The van der Waals surface area contributed by atoms with Crippen molar-refractivity contribution in [2.24, 2.45) is 5.41 Å². The van der Waals surface area contributed by atoms with Crippen LogP contribution < -0.4 is 10.1 Å². The summed E-state index contributed by atoms with van der Waals surface area (Å²) in [6, 6.07) is 14.7. The number of amides is 2. The minimum Gasteiger partial charge on any atom is -0.487 e. The number of piperidine rings is 1. The van der Waals surface area contributed by atoms with Gasteiger partial charge < -0.3 is 19.7 Å². The van der Waals surface area contributed by atoms with Gasteiger partial charge in [-0.3, -0.25) is 4.79 Å². The van der Waals surface area contributed by atoms with E-state index in [0.29, 0.717) is 31.3 Å². The molecule has 3 aliphatic rings. The first-order valence-electron chi connectivity index (χ1n) is 14.9. The Hall–Kier alpha value is -3.02. The Labute approximate surface area is 233 Å². The third-order valence-corrected chi connectivity index (χ3v) is 8.85. The zero-order valence-electron chi connectivity index (χ0n) is 23.9. The van der Waals surface area contributed by atoms with Crippen LogP contribution in [-0.2, 0) is 11.2 Å². The van der Waals surface area contributed by atoms with Crippen molar-refractivity contribution < 1.29 is 19.1 Å². The molecule has 2 aromatic carbocycles. The monoisotopic (exact) mass is 532 g/mol. The topological polar surface area (TPSA) is 67.9 Å². The maximum absolute atomic E-state index is 12.7. The second-order valence-corrected chi connectivity index (χ2v) is 12.6. The summed E-state index contributed by atoms with van der Waals surface area (Å²) in [4.78, 5) is 27.1. The molecule has 2 amide bonds. The molecule has 1 spiro atoms. The highest BCUT2D eigenvalue weighted by Crippen LogP contribution is 2.41. The average Bonchev–Trinajstić information content (AvgIpc) is 3.45. The molecule has 1 saturated heterocycles. The van der Waals surface area contributed by atoms with Gasteiger partial charge >= 0.3 is 6.09 Å². The second kappa shape index (κ2) is 11.6. The Bertz CT molecular complexity index is 1160. The fourth-order valence-corrected chi connectivity index (χ4v) is 6.40. The molecule has 5 rings (SSSR count). The summed E-state index contributed by atoms with van der Waals surface area (Å²) in [7, 11) is 0. The van der Waals surface area contributed by atoms with Crippen molar-refractivity contribution in [1.82, 2.24) is 10.2 Å². The van der Waals surface area contributed by atoms with Gasteiger partial charge in [-0.15, -0.1) is 0 Å². The lowest BCUT2D eigenvalue weighted by Crippen LogP contribution is -2.51. The average molecular weight is 533 g/mol. The molecule has 2 aliphatic heterocycles. The fourth-order valence-electron chi connectivity index (χ4n) is 6.40. The molecule has 0 radical (unpaired) electrons. The quantitative estimate of drug-likeness (QED) is 0.411. The van der Waals surface area contributed by atoms with Gasteiger partial charge in [-0.25, -0.2) is 4.79 Å². The number of hydrogen-bond donors (Lipinski definition) is 1. The number of hydrogen-bond acceptors (Lipinski definition) is 4. The van der Waals surface area contributed by atoms with E-state index in [0.717, 1.165) is 68.2 Å². The summed E-state index contributed by atoms with van der Waals surface area (Å²) >= 11 is 0. The van der Waals surface area contributed by atoms with Crippen LogP contribution in [0.25, 0.3) is 11.1 Å². The van der Waals surface area contributed by atoms with E-state index in [1.54, 1.807) is 0 Å². The lowest BCUT2D eigenvalue weighted by Gasteiger charge is -2.44. The zero-order valence-corrected chi connectivity index (χ0v) is 23.9. The van der Waals surface area contributed by atoms with Gasteiger partial charge in [0.1, 0.15) is 11.4 Å². The molecule has 0 atom stereocenters. The van der Waals surface area contributed by atoms with Gasteiger partial charge in [-0.2, -0.15) is 0 Å². The Morgan fingerprint density at radius 3 is 2.41 bits per heavy atom. The van der Waals surface area contributed by atoms with Crippen LogP contribution in [0, 0.1) is 5.41 Å². The minimum atomic E-state index is -0.207. The highest BCUT2D eigenvalue weighted by molar-refractivity contribution is 5.94. The standard InChI is InChI=1S/C33H44N2O4/c1-4-16-32(2,3)23-38-31(37)35-20-18-33(19-21-35)17-15-27-22-26(13-14-29(27)39-33)24-9-11-25(12-10-24)30(36)34-28-7-5-6-8-28/h9-14,22,28H,4-8,15-21,23H2,1-3H3,(H,34,36). The fraction of sp³-hybridized carbons (Fsp3) is 0.576. The molecule has 1 saturated carbocycles. The van der Waals surface area contributed by atoms with Gasteiger partial charge in [0.25, 0.3) is 5.91 Å². The largest absolute Gasteiger partial charge is 0.487 e. The summed E-state index contributed by atoms with van der Waals surface area (Å²) in [6.45, 7) is 8.26. The molecule has 0 aromatic heterocycles. The Morgan fingerprint density at radius 2 is 1.72 bits per heavy atom. The van der Waals surface area contributed by atoms with Crippen LogP contribution in [0.5, 0.6) is 5.75 Å². The Kier molecular flexibility index (Phi) is 8.20. The molecule has 39 heavy (non-hydrogen) atoms. The number of aryl methyl sites for hydroxylation is 1. The first-order valence-corrected chi connectivity index (χ1v) is 14.9. The van der Waals surface area contributed by atoms with E-state index < -0.39 is 0 Å². The summed E-state index contributed by atoms with van der Waals surface area (Å²) < 4.78 is 12.3. The van der Waals surface area contributed by atoms with Crippen molar-refractivity contribution in [3.05, 3.63) is 53.6 Å². The molecule has 6 nitrogen and oxygen atoms in total. The molecule has 2 aromatic rings. The van der Waals surface area contributed by atoms with Crippen molar-refractivity contribution >= 4 is 12.0 Å². The van der Waals surface area contributed by atoms with E-state index >= 15 is 0 Å². The van der Waals surface area contributed by atoms with Crippen molar-refractivity contribution in [3.8, 4) is 16.9 Å². The van der Waals surface area contributed by atoms with Crippen LogP contribution in [0.2, 0.25) is 0 Å². The van der Waals surface area contributed by atoms with E-state index in [1.807, 2.05) is 29.2 Å². The number of rotatable bonds is 7. The van der Waals surface area contributed by atoms with Crippen LogP contribution in [-0.4, -0.2) is 48.2 Å². The van der Waals surface area contributed by atoms with Gasteiger partial charge in [0.2, 0.25) is 0 Å². The third kappa shape index (κ3) is 6.59. The minimum absolute atomic E-state index is 0.0160. The SMILES string of the molecule is CCCC(C)(C)COC(=O)N1CCC2(CCc3cc(-c4ccc(C(=O)NC5CCCC5)cc4)ccc3O2)CC1. The second-order valence-electron chi connectivity index (χ2n) is 12.6. The number of carbonyl (C=O) groups excluding carboxylic acids is 2. The number of carbonyl (C=O) groups is 2. The highest BCUT2D eigenvalue weighted by Gasteiger charge is 2.41. The summed E-state index contributed by atoms with van der Waals surface area (Å²) in [6.07, 6.45) is 10.1. The molecular weight excluding hydrogens is 488 g/mol. The Morgan fingerprint density at radius 1 is 1.03 bits per heavy atom. The molecule has 1 aliphatic carbocycles. The maximum atomic E-state index is 12.7. The molecule has 0 bridgehead atoms. The lowest BCUT2D eigenvalue weighted by molar-refractivity contribution is -0.0179. The molecule has 210 valence electrons. The van der Waals surface area contributed by atoms with E-state index in [1.165, 1.54) is 18.4 Å². The van der Waals surface area contributed by atoms with E-state index in [4.69, 9.17) is 9.47 Å². The van der Waals surface area contributed by atoms with Crippen LogP contribution in [0.1, 0.15) is 94.5 Å². The van der Waals surface area contributed by atoms with Gasteiger partial charge in [0, 0.05) is 37.5 Å².